The molecule has 1 aromatic carbocycles. The lowest BCUT2D eigenvalue weighted by molar-refractivity contribution is 0.0769. The minimum Gasteiger partial charge on any atom is -0.477 e. The number of pyridine rings is 1. The number of nitrogens with two attached hydrogens (primary N) is 1. The highest BCUT2D eigenvalue weighted by atomic mass is 16.6. The maximum atomic E-state index is 9.51. The summed E-state index contributed by atoms with van der Waals surface area (Å²) in [4.78, 5) is 15.8. The Morgan fingerprint density at radius 2 is 1.97 bits per heavy atom. The Bertz CT molecular complexity index is 1080. The van der Waals surface area contributed by atoms with Crippen molar-refractivity contribution in [3.8, 4) is 11.9 Å². The van der Waals surface area contributed by atoms with Crippen molar-refractivity contribution < 1.29 is 19.8 Å². The molecule has 2 aromatic rings. The van der Waals surface area contributed by atoms with Gasteiger partial charge in [-0.15, -0.1) is 0 Å². The second-order valence-corrected chi connectivity index (χ2v) is 8.06. The molecule has 0 fully saturated rings. The molecule has 9 heteroatoms. The van der Waals surface area contributed by atoms with Gasteiger partial charge in [-0.25, -0.2) is 9.98 Å². The van der Waals surface area contributed by atoms with Gasteiger partial charge in [-0.3, -0.25) is 4.90 Å². The molecule has 9 nitrogen and oxygen atoms in total. The molecule has 4 N–H and O–H groups in total. The molecule has 0 unspecified atom stereocenters. The molecule has 0 radical (unpaired) electrons. The van der Waals surface area contributed by atoms with Gasteiger partial charge in [0.2, 0.25) is 11.8 Å². The zero-order valence-electron chi connectivity index (χ0n) is 19.4. The van der Waals surface area contributed by atoms with E-state index >= 15 is 0 Å². The number of aliphatic hydroxyl groups excluding tert-OH is 2. The minimum atomic E-state index is -0.247. The van der Waals surface area contributed by atoms with Crippen LogP contribution in [0.4, 0.5) is 0 Å². The quantitative estimate of drug-likeness (QED) is 0.290. The minimum absolute atomic E-state index is 0.0699. The molecule has 3 rings (SSSR count). The highest BCUT2D eigenvalue weighted by Gasteiger charge is 2.21. The van der Waals surface area contributed by atoms with Crippen LogP contribution in [0.2, 0.25) is 0 Å². The lowest BCUT2D eigenvalue weighted by atomic mass is 9.99. The lowest BCUT2D eigenvalue weighted by Crippen LogP contribution is -2.42. The van der Waals surface area contributed by atoms with Crippen molar-refractivity contribution in [3.05, 3.63) is 64.9 Å². The molecule has 0 atom stereocenters. The summed E-state index contributed by atoms with van der Waals surface area (Å²) in [5.41, 5.74) is 4.37. The predicted molar refractivity (Wildman–Crippen MR) is 129 cm³/mol. The van der Waals surface area contributed by atoms with E-state index < -0.39 is 0 Å². The van der Waals surface area contributed by atoms with E-state index in [4.69, 9.17) is 15.5 Å². The van der Waals surface area contributed by atoms with Gasteiger partial charge >= 0.3 is 0 Å². The van der Waals surface area contributed by atoms with E-state index in [0.29, 0.717) is 17.9 Å². The van der Waals surface area contributed by atoms with Crippen LogP contribution in [0.1, 0.15) is 41.2 Å². The van der Waals surface area contributed by atoms with Crippen molar-refractivity contribution in [2.75, 3.05) is 32.9 Å². The number of fused-ring (bicyclic) bond motifs is 1. The Morgan fingerprint density at radius 1 is 1.24 bits per heavy atom. The van der Waals surface area contributed by atoms with E-state index in [-0.39, 0.29) is 36.6 Å². The molecule has 34 heavy (non-hydrogen) atoms. The molecule has 0 saturated heterocycles. The molecule has 0 saturated carbocycles. The van der Waals surface area contributed by atoms with Crippen LogP contribution in [0.25, 0.3) is 5.70 Å². The predicted octanol–water partition coefficient (Wildman–Crippen LogP) is 1.80. The van der Waals surface area contributed by atoms with Crippen LogP contribution >= 0.6 is 0 Å². The van der Waals surface area contributed by atoms with Crippen molar-refractivity contribution in [3.63, 3.8) is 0 Å². The van der Waals surface area contributed by atoms with Gasteiger partial charge < -0.3 is 19.8 Å². The largest absolute Gasteiger partial charge is 0.477 e. The normalized spacial score (nSPS) is 14.3. The summed E-state index contributed by atoms with van der Waals surface area (Å²) in [7, 11) is 0. The molecule has 0 amide bonds. The number of ether oxygens (including phenoxy) is 1. The molecule has 0 spiro atoms. The third-order valence-electron chi connectivity index (χ3n) is 5.82. The maximum absolute atomic E-state index is 9.51. The first-order valence-corrected chi connectivity index (χ1v) is 11.3. The van der Waals surface area contributed by atoms with Gasteiger partial charge in [0.05, 0.1) is 37.1 Å². The van der Waals surface area contributed by atoms with Crippen LogP contribution in [0.15, 0.2) is 42.0 Å². The zero-order valence-corrected chi connectivity index (χ0v) is 19.4. The number of nitrogens with zero attached hydrogens (tertiary/aromatic N) is 4. The van der Waals surface area contributed by atoms with Crippen LogP contribution in [-0.2, 0) is 17.7 Å². The van der Waals surface area contributed by atoms with Crippen LogP contribution in [-0.4, -0.2) is 64.9 Å². The van der Waals surface area contributed by atoms with E-state index in [0.717, 1.165) is 37.9 Å². The summed E-state index contributed by atoms with van der Waals surface area (Å²) >= 11 is 0. The van der Waals surface area contributed by atoms with E-state index in [2.05, 4.69) is 33.6 Å². The number of aliphatic hydroxyl groups is 2. The van der Waals surface area contributed by atoms with Gasteiger partial charge in [0.25, 0.3) is 0 Å². The Morgan fingerprint density at radius 3 is 2.62 bits per heavy atom. The van der Waals surface area contributed by atoms with Crippen molar-refractivity contribution >= 4 is 11.6 Å². The number of aliphatic imine (C=N–C) groups is 1. The summed E-state index contributed by atoms with van der Waals surface area (Å²) in [6.45, 7) is 7.88. The van der Waals surface area contributed by atoms with Crippen LogP contribution in [0.5, 0.6) is 5.88 Å². The van der Waals surface area contributed by atoms with E-state index in [1.807, 2.05) is 19.1 Å². The molecule has 180 valence electrons. The topological polar surface area (TPSA) is 137 Å². The third-order valence-corrected chi connectivity index (χ3v) is 5.82. The van der Waals surface area contributed by atoms with Gasteiger partial charge in [0.15, 0.2) is 0 Å². The number of hydrogen-bond acceptors (Lipinski definition) is 9. The van der Waals surface area contributed by atoms with Crippen LogP contribution in [0.3, 0.4) is 0 Å². The van der Waals surface area contributed by atoms with Gasteiger partial charge in [0.1, 0.15) is 11.6 Å². The standard InChI is InChI=1S/C25H31N5O4/c1-3-10-33-24-21(13-26)12-22(14-28-24)25(34-27)29-17(2)19-5-4-18-6-8-30(23(15-31)16-32)9-7-20(18)11-19/h4-5,11-12,14,23,31-32H,2-3,6-10,15-16,27H2,1H3. The van der Waals surface area contributed by atoms with Gasteiger partial charge in [0, 0.05) is 19.3 Å². The molecule has 0 bridgehead atoms. The molecule has 2 heterocycles. The zero-order chi connectivity index (χ0) is 24.5. The third kappa shape index (κ3) is 5.98. The first kappa shape index (κ1) is 25.3. The SMILES string of the molecule is C=C(N=C(ON)c1cnc(OCCC)c(C#N)c1)c1ccc2c(c1)CCN(C(CO)CO)CC2. The molecule has 1 aromatic heterocycles. The Balaban J connectivity index is 1.81. The lowest BCUT2D eigenvalue weighted by Gasteiger charge is -2.27. The molecule has 1 aliphatic rings. The average molecular weight is 466 g/mol. The van der Waals surface area contributed by atoms with Crippen molar-refractivity contribution in [1.29, 1.82) is 5.26 Å². The van der Waals surface area contributed by atoms with Crippen molar-refractivity contribution in [1.82, 2.24) is 9.88 Å². The molecule has 1 aliphatic heterocycles. The second kappa shape index (κ2) is 12.3. The van der Waals surface area contributed by atoms with Gasteiger partial charge in [-0.05, 0) is 48.1 Å². The van der Waals surface area contributed by atoms with E-state index in [9.17, 15) is 15.5 Å². The maximum Gasteiger partial charge on any atom is 0.246 e. The number of hydrogen-bond donors (Lipinski definition) is 3. The smallest absolute Gasteiger partial charge is 0.246 e. The first-order valence-electron chi connectivity index (χ1n) is 11.3. The number of nitriles is 1. The number of rotatable bonds is 9. The average Bonchev–Trinajstić information content (AvgIpc) is 3.09. The Labute approximate surface area is 199 Å². The summed E-state index contributed by atoms with van der Waals surface area (Å²) in [5.74, 6) is 5.83. The monoisotopic (exact) mass is 465 g/mol. The van der Waals surface area contributed by atoms with Crippen LogP contribution < -0.4 is 10.6 Å². The van der Waals surface area contributed by atoms with Crippen molar-refractivity contribution in [2.45, 2.75) is 32.2 Å². The fourth-order valence-electron chi connectivity index (χ4n) is 3.88. The summed E-state index contributed by atoms with van der Waals surface area (Å²) in [5, 5.41) is 28.5. The Hall–Kier alpha value is -3.29. The van der Waals surface area contributed by atoms with Crippen molar-refractivity contribution in [2.24, 2.45) is 10.9 Å². The van der Waals surface area contributed by atoms with E-state index in [1.165, 1.54) is 17.3 Å². The second-order valence-electron chi connectivity index (χ2n) is 8.06. The fourth-order valence-corrected chi connectivity index (χ4v) is 3.88. The van der Waals surface area contributed by atoms with Gasteiger partial charge in [-0.1, -0.05) is 25.6 Å². The molecule has 0 aliphatic carbocycles. The molecular weight excluding hydrogens is 434 g/mol. The van der Waals surface area contributed by atoms with Crippen LogP contribution in [0, 0.1) is 11.3 Å². The highest BCUT2D eigenvalue weighted by Crippen LogP contribution is 2.24. The summed E-state index contributed by atoms with van der Waals surface area (Å²) in [6.07, 6.45) is 3.91. The molecular formula is C25H31N5O4. The fraction of sp³-hybridized carbons (Fsp3) is 0.400. The summed E-state index contributed by atoms with van der Waals surface area (Å²) in [6, 6.07) is 9.45. The Kier molecular flexibility index (Phi) is 9.13. The van der Waals surface area contributed by atoms with E-state index in [1.54, 1.807) is 6.07 Å². The summed E-state index contributed by atoms with van der Waals surface area (Å²) < 4.78 is 5.50. The number of aromatic nitrogens is 1. The first-order chi connectivity index (χ1) is 16.5. The highest BCUT2D eigenvalue weighted by molar-refractivity contribution is 5.97. The van der Waals surface area contributed by atoms with Gasteiger partial charge in [-0.2, -0.15) is 11.2 Å². The number of benzene rings is 1.